The van der Waals surface area contributed by atoms with Crippen LogP contribution in [0.3, 0.4) is 0 Å². The average molecular weight is 352 g/mol. The fourth-order valence-corrected chi connectivity index (χ4v) is 3.51. The van der Waals surface area contributed by atoms with E-state index in [9.17, 15) is 4.79 Å². The van der Waals surface area contributed by atoms with E-state index in [1.54, 1.807) is 6.20 Å². The van der Waals surface area contributed by atoms with Gasteiger partial charge >= 0.3 is 0 Å². The second kappa shape index (κ2) is 6.25. The van der Waals surface area contributed by atoms with E-state index in [2.05, 4.69) is 19.9 Å². The monoisotopic (exact) mass is 352 g/mol. The number of nitrogens with zero attached hydrogens (tertiary/aromatic N) is 3. The molecule has 1 amide bonds. The van der Waals surface area contributed by atoms with Crippen LogP contribution >= 0.6 is 11.5 Å². The Morgan fingerprint density at radius 2 is 2.12 bits per heavy atom. The maximum absolute atomic E-state index is 12.8. The number of aryl methyl sites for hydroxylation is 1. The van der Waals surface area contributed by atoms with Crippen LogP contribution in [0.25, 0.3) is 0 Å². The maximum Gasteiger partial charge on any atom is 0.265 e. The lowest BCUT2D eigenvalue weighted by Crippen LogP contribution is -2.50. The van der Waals surface area contributed by atoms with Crippen molar-refractivity contribution in [1.29, 1.82) is 0 Å². The first-order chi connectivity index (χ1) is 12.2. The SMILES string of the molecule is Cc1ccc([C@@]2(NC(=O)c3cnns3)CCOc3cccnc32)cc1. The van der Waals surface area contributed by atoms with Gasteiger partial charge in [0.05, 0.1) is 12.8 Å². The Balaban J connectivity index is 1.85. The molecule has 1 aromatic carbocycles. The summed E-state index contributed by atoms with van der Waals surface area (Å²) in [5, 5.41) is 6.93. The lowest BCUT2D eigenvalue weighted by Gasteiger charge is -2.38. The molecule has 126 valence electrons. The number of aromatic nitrogens is 3. The quantitative estimate of drug-likeness (QED) is 0.784. The van der Waals surface area contributed by atoms with Gasteiger partial charge in [-0.1, -0.05) is 34.3 Å². The summed E-state index contributed by atoms with van der Waals surface area (Å²) in [6, 6.07) is 11.9. The van der Waals surface area contributed by atoms with Gasteiger partial charge in [0, 0.05) is 12.6 Å². The Bertz CT molecular complexity index is 896. The van der Waals surface area contributed by atoms with Crippen LogP contribution in [-0.4, -0.2) is 27.1 Å². The number of ether oxygens (including phenoxy) is 1. The molecule has 0 saturated heterocycles. The number of nitrogens with one attached hydrogen (secondary N) is 1. The minimum Gasteiger partial charge on any atom is -0.491 e. The van der Waals surface area contributed by atoms with Crippen molar-refractivity contribution >= 4 is 17.4 Å². The Morgan fingerprint density at radius 1 is 1.28 bits per heavy atom. The van der Waals surface area contributed by atoms with Crippen molar-refractivity contribution in [3.05, 3.63) is 70.5 Å². The molecule has 3 heterocycles. The zero-order valence-electron chi connectivity index (χ0n) is 13.6. The normalized spacial score (nSPS) is 18.9. The lowest BCUT2D eigenvalue weighted by atomic mass is 9.81. The molecule has 0 radical (unpaired) electrons. The van der Waals surface area contributed by atoms with Gasteiger partial charge in [-0.05, 0) is 36.2 Å². The van der Waals surface area contributed by atoms with Crippen LogP contribution in [-0.2, 0) is 5.54 Å². The van der Waals surface area contributed by atoms with Crippen LogP contribution in [0.5, 0.6) is 5.75 Å². The van der Waals surface area contributed by atoms with Crippen molar-refractivity contribution in [2.24, 2.45) is 0 Å². The molecule has 0 spiro atoms. The predicted molar refractivity (Wildman–Crippen MR) is 93.7 cm³/mol. The van der Waals surface area contributed by atoms with Gasteiger partial charge in [-0.3, -0.25) is 9.78 Å². The summed E-state index contributed by atoms with van der Waals surface area (Å²) in [6.45, 7) is 2.53. The van der Waals surface area contributed by atoms with E-state index in [0.29, 0.717) is 23.7 Å². The number of carbonyl (C=O) groups excluding carboxylic acids is 1. The van der Waals surface area contributed by atoms with E-state index in [1.165, 1.54) is 6.20 Å². The minimum atomic E-state index is -0.746. The molecule has 1 aliphatic rings. The van der Waals surface area contributed by atoms with Crippen LogP contribution in [0.15, 0.2) is 48.8 Å². The third-order valence-electron chi connectivity index (χ3n) is 4.37. The van der Waals surface area contributed by atoms with Crippen molar-refractivity contribution in [2.75, 3.05) is 6.61 Å². The van der Waals surface area contributed by atoms with E-state index in [4.69, 9.17) is 4.74 Å². The summed E-state index contributed by atoms with van der Waals surface area (Å²) < 4.78 is 9.54. The minimum absolute atomic E-state index is 0.214. The number of amides is 1. The van der Waals surface area contributed by atoms with E-state index >= 15 is 0 Å². The topological polar surface area (TPSA) is 77.0 Å². The Hall–Kier alpha value is -2.80. The van der Waals surface area contributed by atoms with Gasteiger partial charge in [0.25, 0.3) is 5.91 Å². The van der Waals surface area contributed by atoms with E-state index in [1.807, 2.05) is 43.3 Å². The molecular formula is C18H16N4O2S. The van der Waals surface area contributed by atoms with Crippen molar-refractivity contribution in [1.82, 2.24) is 19.9 Å². The van der Waals surface area contributed by atoms with Gasteiger partial charge in [0.15, 0.2) is 0 Å². The van der Waals surface area contributed by atoms with E-state index in [-0.39, 0.29) is 5.91 Å². The summed E-state index contributed by atoms with van der Waals surface area (Å²) in [6.07, 6.45) is 3.79. The lowest BCUT2D eigenvalue weighted by molar-refractivity contribution is 0.0887. The molecule has 6 nitrogen and oxygen atoms in total. The summed E-state index contributed by atoms with van der Waals surface area (Å²) in [5.41, 5.74) is 2.11. The van der Waals surface area contributed by atoms with Gasteiger partial charge in [-0.25, -0.2) is 0 Å². The number of hydrogen-bond acceptors (Lipinski definition) is 6. The molecule has 1 N–H and O–H groups in total. The molecule has 4 rings (SSSR count). The molecule has 0 aliphatic carbocycles. The molecule has 2 aromatic heterocycles. The van der Waals surface area contributed by atoms with Crippen LogP contribution in [0.1, 0.15) is 32.9 Å². The Labute approximate surface area is 149 Å². The van der Waals surface area contributed by atoms with Gasteiger partial charge in [-0.2, -0.15) is 0 Å². The molecular weight excluding hydrogens is 336 g/mol. The molecule has 3 aromatic rings. The number of rotatable bonds is 3. The van der Waals surface area contributed by atoms with Crippen LogP contribution in [0.4, 0.5) is 0 Å². The first-order valence-corrected chi connectivity index (χ1v) is 8.72. The van der Waals surface area contributed by atoms with Crippen LogP contribution in [0.2, 0.25) is 0 Å². The summed E-state index contributed by atoms with van der Waals surface area (Å²) in [7, 11) is 0. The molecule has 7 heteroatoms. The summed E-state index contributed by atoms with van der Waals surface area (Å²) in [5.74, 6) is 0.478. The Morgan fingerprint density at radius 3 is 2.88 bits per heavy atom. The molecule has 0 saturated carbocycles. The highest BCUT2D eigenvalue weighted by molar-refractivity contribution is 7.07. The maximum atomic E-state index is 12.8. The second-order valence-electron chi connectivity index (χ2n) is 5.96. The fraction of sp³-hybridized carbons (Fsp3) is 0.222. The van der Waals surface area contributed by atoms with Crippen molar-refractivity contribution in [3.8, 4) is 5.75 Å². The third-order valence-corrected chi connectivity index (χ3v) is 5.03. The van der Waals surface area contributed by atoms with Crippen LogP contribution in [0, 0.1) is 6.92 Å². The molecule has 1 aliphatic heterocycles. The van der Waals surface area contributed by atoms with Crippen molar-refractivity contribution < 1.29 is 9.53 Å². The largest absolute Gasteiger partial charge is 0.491 e. The molecule has 25 heavy (non-hydrogen) atoms. The van der Waals surface area contributed by atoms with E-state index < -0.39 is 5.54 Å². The highest BCUT2D eigenvalue weighted by Crippen LogP contribution is 2.40. The predicted octanol–water partition coefficient (Wildman–Crippen LogP) is 2.70. The number of benzene rings is 1. The zero-order chi connectivity index (χ0) is 17.3. The number of fused-ring (bicyclic) bond motifs is 1. The standard InChI is InChI=1S/C18H16N4O2S/c1-12-4-6-13(7-5-12)18(21-17(23)15-11-20-22-25-15)8-10-24-14-3-2-9-19-16(14)18/h2-7,9,11H,8,10H2,1H3,(H,21,23)/t18-/m0/s1. The Kier molecular flexibility index (Phi) is 3.93. The van der Waals surface area contributed by atoms with Crippen LogP contribution < -0.4 is 10.1 Å². The van der Waals surface area contributed by atoms with E-state index in [0.717, 1.165) is 28.4 Å². The van der Waals surface area contributed by atoms with Crippen molar-refractivity contribution in [3.63, 3.8) is 0 Å². The average Bonchev–Trinajstić information content (AvgIpc) is 3.17. The molecule has 0 unspecified atom stereocenters. The number of pyridine rings is 1. The van der Waals surface area contributed by atoms with Gasteiger partial charge < -0.3 is 10.1 Å². The highest BCUT2D eigenvalue weighted by atomic mass is 32.1. The second-order valence-corrected chi connectivity index (χ2v) is 6.74. The number of hydrogen-bond donors (Lipinski definition) is 1. The highest BCUT2D eigenvalue weighted by Gasteiger charge is 2.42. The van der Waals surface area contributed by atoms with Gasteiger partial charge in [-0.15, -0.1) is 5.10 Å². The molecule has 1 atom stereocenters. The van der Waals surface area contributed by atoms with Crippen molar-refractivity contribution in [2.45, 2.75) is 18.9 Å². The zero-order valence-corrected chi connectivity index (χ0v) is 14.4. The van der Waals surface area contributed by atoms with Gasteiger partial charge in [0.1, 0.15) is 21.9 Å². The summed E-state index contributed by atoms with van der Waals surface area (Å²) in [4.78, 5) is 17.8. The first-order valence-electron chi connectivity index (χ1n) is 7.94. The fourth-order valence-electron chi connectivity index (χ4n) is 3.10. The first kappa shape index (κ1) is 15.7. The number of carbonyl (C=O) groups is 1. The third kappa shape index (κ3) is 2.76. The summed E-state index contributed by atoms with van der Waals surface area (Å²) >= 11 is 1.07. The molecule has 0 fully saturated rings. The molecule has 0 bridgehead atoms. The smallest absolute Gasteiger partial charge is 0.265 e. The van der Waals surface area contributed by atoms with Gasteiger partial charge in [0.2, 0.25) is 0 Å².